The standard InChI is InChI=1S/C10H9NO4S.C9H7NO4S/c1-6-2-3-7-9(16(13,14)15)5-4-8(12)10(7)11-6;11-7-3-4-8(15(12,13)14)6-2-1-5-10-9(6)7/h2-5,12H,1H3,(H,13,14,15);1-5,11H,(H,12,13,14). The average molecular weight is 464 g/mol. The highest BCUT2D eigenvalue weighted by Crippen LogP contribution is 2.29. The lowest BCUT2D eigenvalue weighted by Gasteiger charge is -2.05. The van der Waals surface area contributed by atoms with Crippen LogP contribution in [0, 0.1) is 6.92 Å². The molecule has 162 valence electrons. The van der Waals surface area contributed by atoms with E-state index >= 15 is 0 Å². The molecule has 10 nitrogen and oxygen atoms in total. The third kappa shape index (κ3) is 4.72. The number of aromatic hydroxyl groups is 2. The maximum Gasteiger partial charge on any atom is 0.295 e. The number of pyridine rings is 2. The predicted molar refractivity (Wildman–Crippen MR) is 111 cm³/mol. The van der Waals surface area contributed by atoms with E-state index in [1.807, 2.05) is 0 Å². The van der Waals surface area contributed by atoms with Gasteiger partial charge in [0.25, 0.3) is 20.2 Å². The van der Waals surface area contributed by atoms with Gasteiger partial charge in [-0.1, -0.05) is 0 Å². The van der Waals surface area contributed by atoms with Crippen LogP contribution < -0.4 is 0 Å². The molecular weight excluding hydrogens is 448 g/mol. The molecule has 0 aliphatic carbocycles. The summed E-state index contributed by atoms with van der Waals surface area (Å²) in [6.07, 6.45) is 1.43. The molecule has 12 heteroatoms. The molecule has 0 saturated carbocycles. The smallest absolute Gasteiger partial charge is 0.295 e. The quantitative estimate of drug-likeness (QED) is 0.323. The van der Waals surface area contributed by atoms with Crippen LogP contribution in [0.15, 0.2) is 64.5 Å². The number of benzene rings is 2. The highest BCUT2D eigenvalue weighted by molar-refractivity contribution is 7.86. The van der Waals surface area contributed by atoms with Crippen LogP contribution in [-0.2, 0) is 20.2 Å². The molecule has 0 bridgehead atoms. The van der Waals surface area contributed by atoms with E-state index in [2.05, 4.69) is 9.97 Å². The van der Waals surface area contributed by atoms with Crippen molar-refractivity contribution in [3.63, 3.8) is 0 Å². The fourth-order valence-corrected chi connectivity index (χ4v) is 4.22. The van der Waals surface area contributed by atoms with E-state index < -0.39 is 20.2 Å². The SMILES string of the molecule is Cc1ccc2c(S(=O)(=O)O)ccc(O)c2n1.O=S(=O)(O)c1ccc(O)c2ncccc12. The second-order valence-electron chi connectivity index (χ2n) is 6.36. The van der Waals surface area contributed by atoms with Gasteiger partial charge < -0.3 is 10.2 Å². The molecule has 4 rings (SSSR count). The van der Waals surface area contributed by atoms with Crippen molar-refractivity contribution in [2.75, 3.05) is 0 Å². The van der Waals surface area contributed by atoms with Gasteiger partial charge in [0.2, 0.25) is 0 Å². The van der Waals surface area contributed by atoms with Gasteiger partial charge in [-0.3, -0.25) is 14.1 Å². The zero-order valence-electron chi connectivity index (χ0n) is 15.8. The first kappa shape index (κ1) is 22.4. The molecule has 0 fully saturated rings. The number of phenolic OH excluding ortho intramolecular Hbond substituents is 2. The summed E-state index contributed by atoms with van der Waals surface area (Å²) < 4.78 is 62.1. The Bertz CT molecular complexity index is 1520. The molecular formula is C19H16N2O8S2. The minimum atomic E-state index is -4.31. The molecule has 31 heavy (non-hydrogen) atoms. The fourth-order valence-electron chi connectivity index (χ4n) is 2.86. The molecule has 4 N–H and O–H groups in total. The molecule has 0 aliphatic rings. The summed E-state index contributed by atoms with van der Waals surface area (Å²) >= 11 is 0. The molecule has 0 amide bonds. The first-order valence-corrected chi connectivity index (χ1v) is 11.4. The van der Waals surface area contributed by atoms with Gasteiger partial charge in [-0.15, -0.1) is 0 Å². The zero-order chi connectivity index (χ0) is 23.0. The first-order chi connectivity index (χ1) is 14.4. The van der Waals surface area contributed by atoms with Crippen molar-refractivity contribution in [2.24, 2.45) is 0 Å². The number of phenols is 2. The first-order valence-electron chi connectivity index (χ1n) is 8.50. The van der Waals surface area contributed by atoms with Gasteiger partial charge in [-0.2, -0.15) is 16.8 Å². The van der Waals surface area contributed by atoms with Crippen molar-refractivity contribution >= 4 is 42.0 Å². The zero-order valence-corrected chi connectivity index (χ0v) is 17.5. The summed E-state index contributed by atoms with van der Waals surface area (Å²) in [5.74, 6) is -0.246. The number of nitrogens with zero attached hydrogens (tertiary/aromatic N) is 2. The second-order valence-corrected chi connectivity index (χ2v) is 9.14. The normalized spacial score (nSPS) is 11.8. The summed E-state index contributed by atoms with van der Waals surface area (Å²) in [6.45, 7) is 1.72. The van der Waals surface area contributed by atoms with Gasteiger partial charge in [0, 0.05) is 22.7 Å². The highest BCUT2D eigenvalue weighted by atomic mass is 32.2. The second kappa shape index (κ2) is 8.07. The van der Waals surface area contributed by atoms with Crippen LogP contribution >= 0.6 is 0 Å². The van der Waals surface area contributed by atoms with Crippen molar-refractivity contribution in [3.8, 4) is 11.5 Å². The Labute approximate surface area is 177 Å². The van der Waals surface area contributed by atoms with Gasteiger partial charge >= 0.3 is 0 Å². The van der Waals surface area contributed by atoms with Crippen LogP contribution in [-0.4, -0.2) is 46.1 Å². The molecule has 0 saturated heterocycles. The maximum atomic E-state index is 11.1. The van der Waals surface area contributed by atoms with Crippen molar-refractivity contribution in [1.29, 1.82) is 0 Å². The van der Waals surface area contributed by atoms with Gasteiger partial charge in [0.15, 0.2) is 0 Å². The number of aromatic nitrogens is 2. The molecule has 2 aromatic carbocycles. The summed E-state index contributed by atoms with van der Waals surface area (Å²) in [5, 5.41) is 19.4. The minimum Gasteiger partial charge on any atom is -0.506 e. The van der Waals surface area contributed by atoms with Crippen LogP contribution in [0.1, 0.15) is 5.69 Å². The van der Waals surface area contributed by atoms with Crippen molar-refractivity contribution in [1.82, 2.24) is 9.97 Å². The topological polar surface area (TPSA) is 175 Å². The average Bonchev–Trinajstić information content (AvgIpc) is 2.68. The third-order valence-electron chi connectivity index (χ3n) is 4.20. The fraction of sp³-hybridized carbons (Fsp3) is 0.0526. The van der Waals surface area contributed by atoms with Gasteiger partial charge in [0.05, 0.1) is 0 Å². The molecule has 2 heterocycles. The van der Waals surface area contributed by atoms with E-state index in [1.54, 1.807) is 13.0 Å². The molecule has 2 aromatic heterocycles. The van der Waals surface area contributed by atoms with Crippen molar-refractivity contribution < 1.29 is 36.2 Å². The molecule has 4 aromatic rings. The monoisotopic (exact) mass is 464 g/mol. The number of fused-ring (bicyclic) bond motifs is 2. The number of hydrogen-bond donors (Lipinski definition) is 4. The van der Waals surface area contributed by atoms with Crippen LogP contribution in [0.25, 0.3) is 21.8 Å². The van der Waals surface area contributed by atoms with Crippen molar-refractivity contribution in [3.05, 3.63) is 60.4 Å². The number of rotatable bonds is 2. The number of aryl methyl sites for hydroxylation is 1. The Morgan fingerprint density at radius 3 is 1.77 bits per heavy atom. The Morgan fingerprint density at radius 1 is 0.710 bits per heavy atom. The van der Waals surface area contributed by atoms with Crippen LogP contribution in [0.4, 0.5) is 0 Å². The highest BCUT2D eigenvalue weighted by Gasteiger charge is 2.17. The van der Waals surface area contributed by atoms with E-state index in [4.69, 9.17) is 9.11 Å². The van der Waals surface area contributed by atoms with E-state index in [1.165, 1.54) is 36.5 Å². The Balaban J connectivity index is 0.000000176. The predicted octanol–water partition coefficient (Wildman–Crippen LogP) is 2.68. The van der Waals surface area contributed by atoms with E-state index in [9.17, 15) is 27.0 Å². The summed E-state index contributed by atoms with van der Waals surface area (Å²) in [7, 11) is -8.61. The number of hydrogen-bond acceptors (Lipinski definition) is 8. The molecule has 0 unspecified atom stereocenters. The Kier molecular flexibility index (Phi) is 5.83. The molecule has 0 spiro atoms. The summed E-state index contributed by atoms with van der Waals surface area (Å²) in [4.78, 5) is 7.34. The lowest BCUT2D eigenvalue weighted by atomic mass is 10.2. The van der Waals surface area contributed by atoms with E-state index in [-0.39, 0.29) is 43.1 Å². The molecule has 0 radical (unpaired) electrons. The Morgan fingerprint density at radius 2 is 1.23 bits per heavy atom. The molecule has 0 atom stereocenters. The summed E-state index contributed by atoms with van der Waals surface area (Å²) in [5.41, 5.74) is 0.957. The van der Waals surface area contributed by atoms with Gasteiger partial charge in [0.1, 0.15) is 32.3 Å². The van der Waals surface area contributed by atoms with Crippen LogP contribution in [0.3, 0.4) is 0 Å². The largest absolute Gasteiger partial charge is 0.506 e. The third-order valence-corrected chi connectivity index (χ3v) is 6.02. The van der Waals surface area contributed by atoms with Crippen LogP contribution in [0.2, 0.25) is 0 Å². The van der Waals surface area contributed by atoms with Crippen LogP contribution in [0.5, 0.6) is 11.5 Å². The summed E-state index contributed by atoms with van der Waals surface area (Å²) in [6, 6.07) is 10.7. The lowest BCUT2D eigenvalue weighted by molar-refractivity contribution is 0.476. The minimum absolute atomic E-state index is 0.119. The van der Waals surface area contributed by atoms with E-state index in [0.717, 1.165) is 12.1 Å². The lowest BCUT2D eigenvalue weighted by Crippen LogP contribution is -1.99. The van der Waals surface area contributed by atoms with Gasteiger partial charge in [-0.05, 0) is 55.5 Å². The van der Waals surface area contributed by atoms with Crippen molar-refractivity contribution in [2.45, 2.75) is 16.7 Å². The molecule has 0 aliphatic heterocycles. The van der Waals surface area contributed by atoms with E-state index in [0.29, 0.717) is 5.69 Å². The Hall–Kier alpha value is -3.32. The maximum absolute atomic E-state index is 11.1. The van der Waals surface area contributed by atoms with Gasteiger partial charge in [-0.25, -0.2) is 4.98 Å².